The van der Waals surface area contributed by atoms with Crippen LogP contribution in [0.3, 0.4) is 0 Å². The quantitative estimate of drug-likeness (QED) is 0.404. The number of carbonyl (C=O) groups excluding carboxylic acids is 1. The minimum absolute atomic E-state index is 0.0216. The molecule has 0 spiro atoms. The number of rotatable bonds is 8. The molecule has 10 heteroatoms. The highest BCUT2D eigenvalue weighted by Gasteiger charge is 2.25. The molecule has 4 heterocycles. The number of ether oxygens (including phenoxy) is 1. The van der Waals surface area contributed by atoms with E-state index in [0.717, 1.165) is 54.5 Å². The van der Waals surface area contributed by atoms with Gasteiger partial charge in [-0.15, -0.1) is 0 Å². The molecule has 184 valence electrons. The lowest BCUT2D eigenvalue weighted by atomic mass is 9.86. The number of amides is 1. The van der Waals surface area contributed by atoms with Gasteiger partial charge in [0.15, 0.2) is 5.15 Å². The summed E-state index contributed by atoms with van der Waals surface area (Å²) in [4.78, 5) is 29.9. The summed E-state index contributed by atoms with van der Waals surface area (Å²) < 4.78 is 5.10. The van der Waals surface area contributed by atoms with Crippen LogP contribution in [0.25, 0.3) is 10.9 Å². The SMILES string of the molecule is CC(C(=O)NC1COC1)c1cnc(NC[C@H]2CC[C@H](Nc3ccc4ccnc(Cl)c4n3)CC2)nc1. The molecule has 3 aromatic rings. The Morgan fingerprint density at radius 1 is 1.09 bits per heavy atom. The number of hydrogen-bond donors (Lipinski definition) is 3. The van der Waals surface area contributed by atoms with Gasteiger partial charge in [-0.3, -0.25) is 4.79 Å². The maximum atomic E-state index is 12.3. The van der Waals surface area contributed by atoms with Crippen molar-refractivity contribution in [2.45, 2.75) is 50.6 Å². The summed E-state index contributed by atoms with van der Waals surface area (Å²) in [7, 11) is 0. The van der Waals surface area contributed by atoms with Gasteiger partial charge in [-0.05, 0) is 56.7 Å². The van der Waals surface area contributed by atoms with Crippen molar-refractivity contribution in [3.63, 3.8) is 0 Å². The van der Waals surface area contributed by atoms with E-state index < -0.39 is 0 Å². The summed E-state index contributed by atoms with van der Waals surface area (Å²) in [6.45, 7) is 3.87. The van der Waals surface area contributed by atoms with Gasteiger partial charge >= 0.3 is 0 Å². The zero-order valence-electron chi connectivity index (χ0n) is 19.7. The van der Waals surface area contributed by atoms with Gasteiger partial charge in [-0.2, -0.15) is 0 Å². The molecule has 2 aliphatic rings. The molecule has 1 amide bonds. The van der Waals surface area contributed by atoms with E-state index in [1.807, 2.05) is 25.1 Å². The lowest BCUT2D eigenvalue weighted by molar-refractivity contribution is -0.126. The molecular weight excluding hydrogens is 466 g/mol. The molecule has 3 N–H and O–H groups in total. The molecule has 0 aromatic carbocycles. The number of halogens is 1. The molecule has 35 heavy (non-hydrogen) atoms. The van der Waals surface area contributed by atoms with Crippen molar-refractivity contribution in [3.05, 3.63) is 47.5 Å². The molecule has 1 saturated heterocycles. The van der Waals surface area contributed by atoms with Crippen molar-refractivity contribution >= 4 is 40.2 Å². The first-order valence-corrected chi connectivity index (χ1v) is 12.5. The minimum Gasteiger partial charge on any atom is -0.377 e. The van der Waals surface area contributed by atoms with Crippen molar-refractivity contribution in [1.29, 1.82) is 0 Å². The summed E-state index contributed by atoms with van der Waals surface area (Å²) in [6.07, 6.45) is 9.53. The van der Waals surface area contributed by atoms with Crippen LogP contribution < -0.4 is 16.0 Å². The van der Waals surface area contributed by atoms with Crippen LogP contribution in [0.2, 0.25) is 5.15 Å². The van der Waals surface area contributed by atoms with Gasteiger partial charge in [0.25, 0.3) is 0 Å². The number of nitrogens with zero attached hydrogens (tertiary/aromatic N) is 4. The Morgan fingerprint density at radius 2 is 1.86 bits per heavy atom. The second-order valence-electron chi connectivity index (χ2n) is 9.42. The highest BCUT2D eigenvalue weighted by Crippen LogP contribution is 2.28. The molecule has 9 nitrogen and oxygen atoms in total. The van der Waals surface area contributed by atoms with Crippen LogP contribution in [0.4, 0.5) is 11.8 Å². The first-order chi connectivity index (χ1) is 17.0. The Labute approximate surface area is 209 Å². The largest absolute Gasteiger partial charge is 0.377 e. The molecule has 1 unspecified atom stereocenters. The van der Waals surface area contributed by atoms with Gasteiger partial charge in [0, 0.05) is 42.1 Å². The normalized spacial score (nSPS) is 21.2. The summed E-state index contributed by atoms with van der Waals surface area (Å²) in [5.74, 6) is 1.68. The molecule has 1 aliphatic carbocycles. The van der Waals surface area contributed by atoms with Crippen LogP contribution in [0.1, 0.15) is 44.1 Å². The van der Waals surface area contributed by atoms with Crippen molar-refractivity contribution < 1.29 is 9.53 Å². The van der Waals surface area contributed by atoms with Crippen LogP contribution in [0.5, 0.6) is 0 Å². The van der Waals surface area contributed by atoms with E-state index in [0.29, 0.717) is 36.3 Å². The lowest BCUT2D eigenvalue weighted by Crippen LogP contribution is -2.49. The van der Waals surface area contributed by atoms with Gasteiger partial charge in [-0.1, -0.05) is 11.6 Å². The predicted octanol–water partition coefficient (Wildman–Crippen LogP) is 3.77. The number of anilines is 2. The zero-order chi connectivity index (χ0) is 24.2. The first-order valence-electron chi connectivity index (χ1n) is 12.2. The van der Waals surface area contributed by atoms with Crippen molar-refractivity contribution in [2.24, 2.45) is 5.92 Å². The van der Waals surface area contributed by atoms with Crippen LogP contribution in [0.15, 0.2) is 36.8 Å². The minimum atomic E-state index is -0.295. The van der Waals surface area contributed by atoms with Crippen LogP contribution in [-0.4, -0.2) is 57.7 Å². The first kappa shape index (κ1) is 23.7. The Kier molecular flexibility index (Phi) is 7.24. The lowest BCUT2D eigenvalue weighted by Gasteiger charge is -2.29. The Bertz CT molecular complexity index is 1160. The van der Waals surface area contributed by atoms with E-state index >= 15 is 0 Å². The van der Waals surface area contributed by atoms with Gasteiger partial charge in [0.05, 0.1) is 25.2 Å². The molecule has 2 fully saturated rings. The summed E-state index contributed by atoms with van der Waals surface area (Å²) >= 11 is 6.20. The second-order valence-corrected chi connectivity index (χ2v) is 9.78. The third kappa shape index (κ3) is 5.79. The highest BCUT2D eigenvalue weighted by molar-refractivity contribution is 6.33. The van der Waals surface area contributed by atoms with E-state index in [9.17, 15) is 4.79 Å². The number of nitrogens with one attached hydrogen (secondary N) is 3. The van der Waals surface area contributed by atoms with Crippen molar-refractivity contribution in [3.8, 4) is 0 Å². The number of aromatic nitrogens is 4. The maximum absolute atomic E-state index is 12.3. The van der Waals surface area contributed by atoms with Gasteiger partial charge in [0.2, 0.25) is 11.9 Å². The average molecular weight is 496 g/mol. The van der Waals surface area contributed by atoms with Crippen molar-refractivity contribution in [2.75, 3.05) is 30.4 Å². The van der Waals surface area contributed by atoms with E-state index in [1.165, 1.54) is 0 Å². The maximum Gasteiger partial charge on any atom is 0.227 e. The van der Waals surface area contributed by atoms with E-state index in [1.54, 1.807) is 18.6 Å². The number of hydrogen-bond acceptors (Lipinski definition) is 8. The molecule has 1 atom stereocenters. The smallest absolute Gasteiger partial charge is 0.227 e. The van der Waals surface area contributed by atoms with E-state index in [2.05, 4.69) is 35.9 Å². The molecule has 1 saturated carbocycles. The van der Waals surface area contributed by atoms with Crippen LogP contribution in [0, 0.1) is 5.92 Å². The Morgan fingerprint density at radius 3 is 2.57 bits per heavy atom. The second kappa shape index (κ2) is 10.7. The van der Waals surface area contributed by atoms with Gasteiger partial charge < -0.3 is 20.7 Å². The zero-order valence-corrected chi connectivity index (χ0v) is 20.5. The standard InChI is InChI=1S/C25H30ClN7O2/c1-15(24(34)32-20-13-35-14-20)18-11-29-25(30-12-18)28-10-16-2-5-19(6-3-16)31-21-7-4-17-8-9-27-23(26)22(17)33-21/h4,7-9,11-12,15-16,19-20H,2-3,5-6,10,13-14H2,1H3,(H,31,33)(H,32,34)(H,28,29,30)/t15?,16-,19-. The van der Waals surface area contributed by atoms with Gasteiger partial charge in [0.1, 0.15) is 11.3 Å². The molecule has 1 aliphatic heterocycles. The van der Waals surface area contributed by atoms with Crippen LogP contribution >= 0.6 is 11.6 Å². The predicted molar refractivity (Wildman–Crippen MR) is 136 cm³/mol. The molecule has 0 radical (unpaired) electrons. The third-order valence-corrected chi connectivity index (χ3v) is 7.14. The fourth-order valence-electron chi connectivity index (χ4n) is 4.50. The van der Waals surface area contributed by atoms with E-state index in [-0.39, 0.29) is 17.9 Å². The summed E-state index contributed by atoms with van der Waals surface area (Å²) in [5.41, 5.74) is 1.53. The Hall–Kier alpha value is -3.04. The van der Waals surface area contributed by atoms with Gasteiger partial charge in [-0.25, -0.2) is 19.9 Å². The van der Waals surface area contributed by atoms with Crippen LogP contribution in [-0.2, 0) is 9.53 Å². The fraction of sp³-hybridized carbons (Fsp3) is 0.480. The fourth-order valence-corrected chi connectivity index (χ4v) is 4.71. The number of carbonyl (C=O) groups is 1. The number of pyridine rings is 2. The Balaban J connectivity index is 1.06. The average Bonchev–Trinajstić information content (AvgIpc) is 2.86. The monoisotopic (exact) mass is 495 g/mol. The summed E-state index contributed by atoms with van der Waals surface area (Å²) in [5, 5.41) is 11.3. The number of fused-ring (bicyclic) bond motifs is 1. The summed E-state index contributed by atoms with van der Waals surface area (Å²) in [6, 6.07) is 6.45. The molecular formula is C25H30ClN7O2. The highest BCUT2D eigenvalue weighted by atomic mass is 35.5. The molecule has 5 rings (SSSR count). The topological polar surface area (TPSA) is 114 Å². The van der Waals surface area contributed by atoms with Crippen molar-refractivity contribution in [1.82, 2.24) is 25.3 Å². The molecule has 3 aromatic heterocycles. The van der Waals surface area contributed by atoms with E-state index in [4.69, 9.17) is 16.3 Å². The third-order valence-electron chi connectivity index (χ3n) is 6.86. The molecule has 0 bridgehead atoms.